The van der Waals surface area contributed by atoms with Gasteiger partial charge in [0.05, 0.1) is 5.01 Å². The number of thiazole rings is 1. The summed E-state index contributed by atoms with van der Waals surface area (Å²) < 4.78 is 1.66. The summed E-state index contributed by atoms with van der Waals surface area (Å²) in [5.74, 6) is 1.32. The third kappa shape index (κ3) is 2.46. The van der Waals surface area contributed by atoms with Gasteiger partial charge in [0.1, 0.15) is 17.3 Å². The number of rotatable bonds is 4. The topological polar surface area (TPSA) is 68.0 Å². The second-order valence-electron chi connectivity index (χ2n) is 4.41. The fourth-order valence-electron chi connectivity index (χ4n) is 1.91. The highest BCUT2D eigenvalue weighted by Gasteiger charge is 2.11. The normalized spacial score (nSPS) is 11.2. The summed E-state index contributed by atoms with van der Waals surface area (Å²) >= 11 is 7.78. The third-order valence-corrected chi connectivity index (χ3v) is 4.30. The molecular formula is C12H13ClN6S. The van der Waals surface area contributed by atoms with Gasteiger partial charge in [0.15, 0.2) is 0 Å². The molecule has 0 saturated carbocycles. The second kappa shape index (κ2) is 5.34. The lowest BCUT2D eigenvalue weighted by Gasteiger charge is -2.10. The molecule has 8 heteroatoms. The Morgan fingerprint density at radius 3 is 2.95 bits per heavy atom. The van der Waals surface area contributed by atoms with Crippen LogP contribution in [0.2, 0.25) is 5.15 Å². The van der Waals surface area contributed by atoms with Crippen LogP contribution in [0.1, 0.15) is 16.3 Å². The zero-order valence-electron chi connectivity index (χ0n) is 11.1. The Kier molecular flexibility index (Phi) is 3.54. The minimum absolute atomic E-state index is 0.443. The Morgan fingerprint density at radius 2 is 2.20 bits per heavy atom. The zero-order valence-corrected chi connectivity index (χ0v) is 12.7. The van der Waals surface area contributed by atoms with Crippen LogP contribution in [0.15, 0.2) is 11.7 Å². The van der Waals surface area contributed by atoms with E-state index < -0.39 is 0 Å². The van der Waals surface area contributed by atoms with Gasteiger partial charge in [-0.1, -0.05) is 11.6 Å². The largest absolute Gasteiger partial charge is 0.369 e. The molecule has 1 N–H and O–H groups in total. The van der Waals surface area contributed by atoms with E-state index in [0.29, 0.717) is 10.9 Å². The molecule has 20 heavy (non-hydrogen) atoms. The van der Waals surface area contributed by atoms with Crippen molar-refractivity contribution in [3.63, 3.8) is 0 Å². The SMILES string of the molecule is Cc1csc(CCNc2c(C)c(Cl)nc3ncnn23)n1. The number of hydrogen-bond acceptors (Lipinski definition) is 6. The first-order valence-electron chi connectivity index (χ1n) is 6.16. The van der Waals surface area contributed by atoms with Crippen molar-refractivity contribution in [1.29, 1.82) is 0 Å². The smallest absolute Gasteiger partial charge is 0.255 e. The first kappa shape index (κ1) is 13.3. The molecule has 0 bridgehead atoms. The van der Waals surface area contributed by atoms with E-state index in [4.69, 9.17) is 11.6 Å². The molecule has 3 heterocycles. The van der Waals surface area contributed by atoms with E-state index in [0.717, 1.165) is 35.0 Å². The monoisotopic (exact) mass is 308 g/mol. The van der Waals surface area contributed by atoms with Gasteiger partial charge in [-0.3, -0.25) is 0 Å². The molecule has 6 nitrogen and oxygen atoms in total. The molecule has 0 aliphatic rings. The zero-order chi connectivity index (χ0) is 14.1. The third-order valence-electron chi connectivity index (χ3n) is 2.90. The average Bonchev–Trinajstić information content (AvgIpc) is 3.03. The quantitative estimate of drug-likeness (QED) is 0.750. The molecule has 0 amide bonds. The maximum absolute atomic E-state index is 6.11. The lowest BCUT2D eigenvalue weighted by molar-refractivity contribution is 0.899. The molecular weight excluding hydrogens is 296 g/mol. The lowest BCUT2D eigenvalue weighted by atomic mass is 10.3. The minimum Gasteiger partial charge on any atom is -0.369 e. The fourth-order valence-corrected chi connectivity index (χ4v) is 2.85. The number of nitrogens with one attached hydrogen (secondary N) is 1. The molecule has 3 rings (SSSR count). The van der Waals surface area contributed by atoms with Crippen molar-refractivity contribution in [3.05, 3.63) is 33.1 Å². The van der Waals surface area contributed by atoms with Crippen molar-refractivity contribution in [2.24, 2.45) is 0 Å². The number of fused-ring (bicyclic) bond motifs is 1. The minimum atomic E-state index is 0.443. The summed E-state index contributed by atoms with van der Waals surface area (Å²) in [6.45, 7) is 4.66. The van der Waals surface area contributed by atoms with Crippen molar-refractivity contribution in [2.75, 3.05) is 11.9 Å². The summed E-state index contributed by atoms with van der Waals surface area (Å²) in [6, 6.07) is 0. The van der Waals surface area contributed by atoms with Crippen LogP contribution in [0.4, 0.5) is 5.82 Å². The van der Waals surface area contributed by atoms with Gasteiger partial charge in [0.2, 0.25) is 0 Å². The number of hydrogen-bond donors (Lipinski definition) is 1. The molecule has 0 aromatic carbocycles. The van der Waals surface area contributed by atoms with Gasteiger partial charge in [-0.05, 0) is 13.8 Å². The van der Waals surface area contributed by atoms with Crippen LogP contribution in [0.25, 0.3) is 5.78 Å². The molecule has 3 aromatic rings. The highest BCUT2D eigenvalue weighted by molar-refractivity contribution is 7.09. The molecule has 0 radical (unpaired) electrons. The molecule has 0 saturated heterocycles. The Hall–Kier alpha value is -1.73. The van der Waals surface area contributed by atoms with E-state index in [1.165, 1.54) is 6.33 Å². The van der Waals surface area contributed by atoms with Crippen molar-refractivity contribution in [1.82, 2.24) is 24.6 Å². The Balaban J connectivity index is 1.80. The average molecular weight is 309 g/mol. The van der Waals surface area contributed by atoms with E-state index in [-0.39, 0.29) is 0 Å². The molecule has 0 aliphatic carbocycles. The van der Waals surface area contributed by atoms with Crippen molar-refractivity contribution < 1.29 is 0 Å². The highest BCUT2D eigenvalue weighted by Crippen LogP contribution is 2.22. The van der Waals surface area contributed by atoms with Crippen molar-refractivity contribution in [3.8, 4) is 0 Å². The second-order valence-corrected chi connectivity index (χ2v) is 5.71. The van der Waals surface area contributed by atoms with E-state index >= 15 is 0 Å². The molecule has 0 unspecified atom stereocenters. The fraction of sp³-hybridized carbons (Fsp3) is 0.333. The highest BCUT2D eigenvalue weighted by atomic mass is 35.5. The molecule has 0 fully saturated rings. The molecule has 0 aliphatic heterocycles. The Morgan fingerprint density at radius 1 is 1.35 bits per heavy atom. The summed E-state index contributed by atoms with van der Waals surface area (Å²) in [4.78, 5) is 12.7. The number of aromatic nitrogens is 5. The van der Waals surface area contributed by atoms with Gasteiger partial charge in [-0.15, -0.1) is 11.3 Å². The van der Waals surface area contributed by atoms with Gasteiger partial charge >= 0.3 is 0 Å². The molecule has 104 valence electrons. The number of halogens is 1. The lowest BCUT2D eigenvalue weighted by Crippen LogP contribution is -2.11. The van der Waals surface area contributed by atoms with Crippen LogP contribution in [-0.4, -0.2) is 31.1 Å². The van der Waals surface area contributed by atoms with Crippen LogP contribution >= 0.6 is 22.9 Å². The summed E-state index contributed by atoms with van der Waals surface area (Å²) in [7, 11) is 0. The summed E-state index contributed by atoms with van der Waals surface area (Å²) in [6.07, 6.45) is 2.32. The Bertz CT molecular complexity index is 750. The van der Waals surface area contributed by atoms with Crippen molar-refractivity contribution >= 4 is 34.5 Å². The standard InChI is InChI=1S/C12H13ClN6S/c1-7-5-20-9(17-7)3-4-14-11-8(2)10(13)18-12-15-6-16-19(11)12/h5-6,14H,3-4H2,1-2H3. The first-order valence-corrected chi connectivity index (χ1v) is 7.41. The maximum atomic E-state index is 6.11. The van der Waals surface area contributed by atoms with E-state index in [2.05, 4.69) is 30.7 Å². The van der Waals surface area contributed by atoms with Gasteiger partial charge in [-0.2, -0.15) is 19.6 Å². The van der Waals surface area contributed by atoms with Crippen LogP contribution in [0.3, 0.4) is 0 Å². The molecule has 0 atom stereocenters. The first-order chi connectivity index (χ1) is 9.65. The molecule has 0 spiro atoms. The van der Waals surface area contributed by atoms with Crippen LogP contribution in [-0.2, 0) is 6.42 Å². The predicted octanol–water partition coefficient (Wildman–Crippen LogP) is 2.51. The van der Waals surface area contributed by atoms with Crippen LogP contribution in [0.5, 0.6) is 0 Å². The maximum Gasteiger partial charge on any atom is 0.255 e. The number of nitrogens with zero attached hydrogens (tertiary/aromatic N) is 5. The van der Waals surface area contributed by atoms with Gasteiger partial charge in [0.25, 0.3) is 5.78 Å². The van der Waals surface area contributed by atoms with Gasteiger partial charge in [0, 0.05) is 29.6 Å². The van der Waals surface area contributed by atoms with E-state index in [9.17, 15) is 0 Å². The summed E-state index contributed by atoms with van der Waals surface area (Å²) in [5, 5.41) is 11.1. The number of anilines is 1. The molecule has 3 aromatic heterocycles. The van der Waals surface area contributed by atoms with E-state index in [1.54, 1.807) is 15.9 Å². The van der Waals surface area contributed by atoms with Gasteiger partial charge in [-0.25, -0.2) is 4.98 Å². The van der Waals surface area contributed by atoms with Crippen molar-refractivity contribution in [2.45, 2.75) is 20.3 Å². The van der Waals surface area contributed by atoms with Gasteiger partial charge < -0.3 is 5.32 Å². The predicted molar refractivity (Wildman–Crippen MR) is 79.6 cm³/mol. The van der Waals surface area contributed by atoms with Crippen LogP contribution < -0.4 is 5.32 Å². The Labute approximate surface area is 124 Å². The number of aryl methyl sites for hydroxylation is 1. The van der Waals surface area contributed by atoms with Crippen LogP contribution in [0, 0.1) is 13.8 Å². The summed E-state index contributed by atoms with van der Waals surface area (Å²) in [5.41, 5.74) is 1.92. The van der Waals surface area contributed by atoms with E-state index in [1.807, 2.05) is 13.8 Å².